The number of ether oxygens (including phenoxy) is 1. The van der Waals surface area contributed by atoms with Crippen LogP contribution in [0.4, 0.5) is 19.0 Å². The summed E-state index contributed by atoms with van der Waals surface area (Å²) in [5.41, 5.74) is -1.62. The van der Waals surface area contributed by atoms with E-state index in [-0.39, 0.29) is 30.7 Å². The topological polar surface area (TPSA) is 76.6 Å². The maximum absolute atomic E-state index is 15.3. The number of rotatable bonds is 6. The molecule has 1 spiro atoms. The van der Waals surface area contributed by atoms with Crippen LogP contribution in [0.15, 0.2) is 103 Å². The van der Waals surface area contributed by atoms with E-state index >= 15 is 4.79 Å². The summed E-state index contributed by atoms with van der Waals surface area (Å²) in [7, 11) is 0. The zero-order valence-electron chi connectivity index (χ0n) is 24.2. The molecule has 3 aliphatic rings. The monoisotopic (exact) mass is 608 g/mol. The lowest BCUT2D eigenvalue weighted by atomic mass is 9.52. The van der Waals surface area contributed by atoms with E-state index < -0.39 is 40.4 Å². The van der Waals surface area contributed by atoms with Crippen LogP contribution in [0.1, 0.15) is 52.4 Å². The first-order chi connectivity index (χ1) is 21.6. The Morgan fingerprint density at radius 1 is 0.956 bits per heavy atom. The number of hydrogen-bond donors (Lipinski definition) is 0. The van der Waals surface area contributed by atoms with Crippen molar-refractivity contribution in [2.24, 2.45) is 5.92 Å². The van der Waals surface area contributed by atoms with Gasteiger partial charge in [0, 0.05) is 34.4 Å². The number of hydrogen-bond acceptors (Lipinski definition) is 5. The normalized spacial score (nSPS) is 23.2. The van der Waals surface area contributed by atoms with Crippen LogP contribution in [0, 0.1) is 5.92 Å². The highest BCUT2D eigenvalue weighted by molar-refractivity contribution is 6.16. The van der Waals surface area contributed by atoms with Gasteiger partial charge in [-0.2, -0.15) is 13.2 Å². The second-order valence-corrected chi connectivity index (χ2v) is 11.7. The number of anilines is 1. The van der Waals surface area contributed by atoms with Crippen LogP contribution in [0.3, 0.4) is 0 Å². The van der Waals surface area contributed by atoms with Gasteiger partial charge in [0.15, 0.2) is 11.4 Å². The van der Waals surface area contributed by atoms with Crippen molar-refractivity contribution in [3.8, 4) is 5.75 Å². The lowest BCUT2D eigenvalue weighted by Crippen LogP contribution is -2.66. The van der Waals surface area contributed by atoms with Gasteiger partial charge >= 0.3 is 6.18 Å². The quantitative estimate of drug-likeness (QED) is 0.221. The van der Waals surface area contributed by atoms with E-state index in [0.29, 0.717) is 22.7 Å². The van der Waals surface area contributed by atoms with E-state index in [4.69, 9.17) is 4.74 Å². The summed E-state index contributed by atoms with van der Waals surface area (Å²) in [4.78, 5) is 49.2. The number of allylic oxidation sites excluding steroid dienone is 1. The number of alkyl halides is 3. The summed E-state index contributed by atoms with van der Waals surface area (Å²) in [5, 5.41) is 0. The second-order valence-electron chi connectivity index (χ2n) is 11.7. The summed E-state index contributed by atoms with van der Waals surface area (Å²) in [6, 6.07) is 24.1. The van der Waals surface area contributed by atoms with Crippen LogP contribution in [-0.2, 0) is 27.7 Å². The molecule has 7 rings (SSSR count). The molecule has 0 fully saturated rings. The number of carbonyl (C=O) groups excluding carboxylic acids is 3. The minimum absolute atomic E-state index is 0.0254. The molecule has 2 aliphatic heterocycles. The number of aromatic nitrogens is 1. The highest BCUT2D eigenvalue weighted by Crippen LogP contribution is 2.65. The predicted octanol–water partition coefficient (Wildman–Crippen LogP) is 6.98. The van der Waals surface area contributed by atoms with Crippen LogP contribution >= 0.6 is 0 Å². The highest BCUT2D eigenvalue weighted by atomic mass is 19.4. The van der Waals surface area contributed by atoms with E-state index in [2.05, 4.69) is 4.98 Å². The maximum Gasteiger partial charge on any atom is 0.416 e. The Kier molecular flexibility index (Phi) is 6.54. The van der Waals surface area contributed by atoms with Crippen LogP contribution in [0.5, 0.6) is 5.75 Å². The third kappa shape index (κ3) is 4.17. The van der Waals surface area contributed by atoms with Crippen LogP contribution in [0.25, 0.3) is 5.57 Å². The van der Waals surface area contributed by atoms with Crippen LogP contribution < -0.4 is 9.64 Å². The largest absolute Gasteiger partial charge is 0.480 e. The van der Waals surface area contributed by atoms with E-state index in [0.717, 1.165) is 35.4 Å². The number of fused-ring (bicyclic) bond motifs is 6. The first-order valence-corrected chi connectivity index (χ1v) is 14.6. The first-order valence-electron chi connectivity index (χ1n) is 14.6. The Hall–Kier alpha value is -5.05. The molecule has 0 radical (unpaired) electrons. The summed E-state index contributed by atoms with van der Waals surface area (Å²) in [6.07, 6.45) is -1.30. The fraction of sp³-hybridized carbons (Fsp3) is 0.222. The molecule has 45 heavy (non-hydrogen) atoms. The highest BCUT2D eigenvalue weighted by Gasteiger charge is 2.74. The van der Waals surface area contributed by atoms with Gasteiger partial charge in [-0.3, -0.25) is 19.3 Å². The van der Waals surface area contributed by atoms with Gasteiger partial charge in [-0.05, 0) is 43.2 Å². The van der Waals surface area contributed by atoms with Crippen molar-refractivity contribution in [1.29, 1.82) is 0 Å². The van der Waals surface area contributed by atoms with Crippen LogP contribution in [-0.4, -0.2) is 28.1 Å². The third-order valence-electron chi connectivity index (χ3n) is 9.16. The van der Waals surface area contributed by atoms with Gasteiger partial charge < -0.3 is 4.74 Å². The maximum atomic E-state index is 15.3. The molecule has 6 nitrogen and oxygen atoms in total. The Bertz CT molecular complexity index is 1890. The molecule has 3 atom stereocenters. The zero-order valence-corrected chi connectivity index (χ0v) is 24.2. The van der Waals surface area contributed by atoms with Crippen molar-refractivity contribution < 1.29 is 32.3 Å². The van der Waals surface area contributed by atoms with Crippen molar-refractivity contribution in [3.05, 3.63) is 131 Å². The van der Waals surface area contributed by atoms with Gasteiger partial charge in [0.2, 0.25) is 5.91 Å². The average Bonchev–Trinajstić information content (AvgIpc) is 3.48. The molecule has 0 saturated heterocycles. The van der Waals surface area contributed by atoms with E-state index in [1.54, 1.807) is 30.5 Å². The lowest BCUT2D eigenvalue weighted by Gasteiger charge is -2.50. The van der Waals surface area contributed by atoms with E-state index in [9.17, 15) is 22.8 Å². The number of nitrogens with zero attached hydrogens (tertiary/aromatic N) is 2. The Morgan fingerprint density at radius 2 is 1.67 bits per heavy atom. The molecule has 0 N–H and O–H groups in total. The number of para-hydroxylation sites is 1. The Balaban J connectivity index is 1.48. The number of carbonyl (C=O) groups is 3. The fourth-order valence-corrected chi connectivity index (χ4v) is 7.43. The van der Waals surface area contributed by atoms with Crippen molar-refractivity contribution in [1.82, 2.24) is 4.98 Å². The third-order valence-corrected chi connectivity index (χ3v) is 9.16. The first kappa shape index (κ1) is 28.7. The molecule has 3 heterocycles. The number of ketones is 2. The molecule has 1 aromatic heterocycles. The molecule has 4 aromatic rings. The van der Waals surface area contributed by atoms with Gasteiger partial charge in [-0.25, -0.2) is 4.98 Å². The predicted molar refractivity (Wildman–Crippen MR) is 161 cm³/mol. The van der Waals surface area contributed by atoms with Gasteiger partial charge in [0.25, 0.3) is 0 Å². The van der Waals surface area contributed by atoms with Gasteiger partial charge in [0.05, 0.1) is 18.5 Å². The van der Waals surface area contributed by atoms with Crippen LogP contribution in [0.2, 0.25) is 0 Å². The number of amides is 1. The van der Waals surface area contributed by atoms with E-state index in [1.807, 2.05) is 48.5 Å². The Labute approximate surface area is 257 Å². The number of pyridine rings is 1. The number of Topliss-reactive ketones (excluding diaryl/α,β-unsaturated/α-hetero) is 2. The molecule has 226 valence electrons. The molecule has 0 saturated carbocycles. The van der Waals surface area contributed by atoms with Gasteiger partial charge in [-0.15, -0.1) is 0 Å². The smallest absolute Gasteiger partial charge is 0.416 e. The van der Waals surface area contributed by atoms with E-state index in [1.165, 1.54) is 11.8 Å². The number of benzene rings is 3. The van der Waals surface area contributed by atoms with Crippen molar-refractivity contribution in [3.63, 3.8) is 0 Å². The second kappa shape index (κ2) is 10.3. The minimum atomic E-state index is -4.58. The summed E-state index contributed by atoms with van der Waals surface area (Å²) >= 11 is 0. The lowest BCUT2D eigenvalue weighted by molar-refractivity contribution is -0.137. The Morgan fingerprint density at radius 3 is 2.38 bits per heavy atom. The molecule has 1 unspecified atom stereocenters. The molecule has 1 aliphatic carbocycles. The molecular weight excluding hydrogens is 581 g/mol. The van der Waals surface area contributed by atoms with Gasteiger partial charge in [-0.1, -0.05) is 72.8 Å². The fourth-order valence-electron chi connectivity index (χ4n) is 7.43. The zero-order chi connectivity index (χ0) is 31.6. The van der Waals surface area contributed by atoms with Crippen molar-refractivity contribution in [2.75, 3.05) is 4.90 Å². The molecule has 3 aromatic carbocycles. The van der Waals surface area contributed by atoms with Crippen molar-refractivity contribution >= 4 is 28.9 Å². The average molecular weight is 609 g/mol. The SMILES string of the molecule is CC(=O)C[C@@]12Oc3ccccc3C1=CC[C@H](C(=O)c1ccc(C(F)(F)F)cc1)C21C(=O)N(Cc2ccccc2)c2ncccc21. The standard InChI is InChI=1S/C36H27F3N2O4/c1-22(42)20-34-27(26-10-5-6-12-30(26)45-34)17-18-28(31(43)24-13-15-25(16-14-24)36(37,38)39)35(34)29-11-7-19-40-32(29)41(33(35)44)21-23-8-3-2-4-9-23/h2-17,19,28H,18,20-21H2,1H3/t28-,34-,35?/m1/s1. The van der Waals surface area contributed by atoms with Crippen molar-refractivity contribution in [2.45, 2.75) is 43.5 Å². The molecule has 9 heteroatoms. The molecule has 0 bridgehead atoms. The number of halogens is 3. The summed E-state index contributed by atoms with van der Waals surface area (Å²) < 4.78 is 47.0. The molecule has 1 amide bonds. The minimum Gasteiger partial charge on any atom is -0.480 e. The summed E-state index contributed by atoms with van der Waals surface area (Å²) in [6.45, 7) is 1.56. The summed E-state index contributed by atoms with van der Waals surface area (Å²) in [5.74, 6) is -1.53. The molecular formula is C36H27F3N2O4. The van der Waals surface area contributed by atoms with Gasteiger partial charge in [0.1, 0.15) is 22.8 Å².